The minimum atomic E-state index is 0. The lowest BCUT2D eigenvalue weighted by molar-refractivity contribution is -0.0284. The average Bonchev–Trinajstić information content (AvgIpc) is 3.01. The summed E-state index contributed by atoms with van der Waals surface area (Å²) in [4.78, 5) is 11.3. The van der Waals surface area contributed by atoms with E-state index in [2.05, 4.69) is 57.8 Å². The normalized spacial score (nSPS) is 18.6. The molecule has 2 rings (SSSR count). The quantitative estimate of drug-likeness (QED) is 0.331. The molecule has 1 aliphatic heterocycles. The van der Waals surface area contributed by atoms with Crippen LogP contribution in [0.2, 0.25) is 0 Å². The summed E-state index contributed by atoms with van der Waals surface area (Å²) in [7, 11) is 1.79. The first-order valence-electron chi connectivity index (χ1n) is 9.76. The van der Waals surface area contributed by atoms with Crippen LogP contribution >= 0.6 is 24.0 Å². The number of aromatic nitrogens is 2. The van der Waals surface area contributed by atoms with Gasteiger partial charge < -0.3 is 19.9 Å². The van der Waals surface area contributed by atoms with Crippen molar-refractivity contribution in [3.05, 3.63) is 18.2 Å². The van der Waals surface area contributed by atoms with E-state index in [9.17, 15) is 0 Å². The fourth-order valence-corrected chi connectivity index (χ4v) is 3.25. The topological polar surface area (TPSA) is 66.7 Å². The van der Waals surface area contributed by atoms with Crippen molar-refractivity contribution in [2.45, 2.75) is 46.9 Å². The minimum absolute atomic E-state index is 0. The molecule has 1 aliphatic rings. The highest BCUT2D eigenvalue weighted by Gasteiger charge is 2.21. The second-order valence-corrected chi connectivity index (χ2v) is 7.84. The van der Waals surface area contributed by atoms with E-state index in [1.54, 1.807) is 7.05 Å². The number of halogens is 1. The van der Waals surface area contributed by atoms with Crippen LogP contribution < -0.4 is 10.6 Å². The third kappa shape index (κ3) is 8.78. The first kappa shape index (κ1) is 24.2. The van der Waals surface area contributed by atoms with Gasteiger partial charge in [-0.25, -0.2) is 4.98 Å². The fraction of sp³-hybridized carbons (Fsp3) is 0.789. The molecule has 8 heteroatoms. The maximum Gasteiger partial charge on any atom is 0.191 e. The lowest BCUT2D eigenvalue weighted by atomic mass is 10.2. The summed E-state index contributed by atoms with van der Waals surface area (Å²) < 4.78 is 8.09. The van der Waals surface area contributed by atoms with Crippen molar-refractivity contribution in [3.63, 3.8) is 0 Å². The van der Waals surface area contributed by atoms with Crippen LogP contribution in [-0.2, 0) is 17.8 Å². The molecule has 0 saturated carbocycles. The van der Waals surface area contributed by atoms with Gasteiger partial charge in [-0.15, -0.1) is 24.0 Å². The van der Waals surface area contributed by atoms with E-state index >= 15 is 0 Å². The van der Waals surface area contributed by atoms with Crippen molar-refractivity contribution in [2.75, 3.05) is 39.8 Å². The van der Waals surface area contributed by atoms with Crippen molar-refractivity contribution < 1.29 is 4.74 Å². The summed E-state index contributed by atoms with van der Waals surface area (Å²) in [5.41, 5.74) is 0. The first-order chi connectivity index (χ1) is 12.5. The Morgan fingerprint density at radius 3 is 2.67 bits per heavy atom. The summed E-state index contributed by atoms with van der Waals surface area (Å²) in [6.07, 6.45) is 4.09. The number of hydrogen-bond acceptors (Lipinski definition) is 4. The van der Waals surface area contributed by atoms with Crippen LogP contribution in [-0.4, -0.2) is 66.3 Å². The molecule has 1 aromatic heterocycles. The van der Waals surface area contributed by atoms with Gasteiger partial charge in [0, 0.05) is 52.2 Å². The van der Waals surface area contributed by atoms with Crippen LogP contribution in [0.1, 0.15) is 33.5 Å². The van der Waals surface area contributed by atoms with Gasteiger partial charge in [0.15, 0.2) is 5.96 Å². The number of rotatable bonds is 8. The third-order valence-corrected chi connectivity index (χ3v) is 4.34. The standard InChI is InChI=1S/C19H36N6O.HI/c1-15(2)12-24-8-9-26-17(14-24)10-22-19(20-5)23-11-18-21-6-7-25(18)13-16(3)4;/h6-7,15-17H,8-14H2,1-5H3,(H2,20,22,23);1H. The Morgan fingerprint density at radius 1 is 1.26 bits per heavy atom. The predicted octanol–water partition coefficient (Wildman–Crippen LogP) is 2.18. The van der Waals surface area contributed by atoms with Gasteiger partial charge in [0.25, 0.3) is 0 Å². The molecule has 1 aromatic rings. The Balaban J connectivity index is 0.00000364. The monoisotopic (exact) mass is 492 g/mol. The number of nitrogens with one attached hydrogen (secondary N) is 2. The van der Waals surface area contributed by atoms with Gasteiger partial charge in [-0.3, -0.25) is 9.89 Å². The van der Waals surface area contributed by atoms with Gasteiger partial charge in [-0.1, -0.05) is 27.7 Å². The minimum Gasteiger partial charge on any atom is -0.374 e. The molecule has 1 fully saturated rings. The summed E-state index contributed by atoms with van der Waals surface area (Å²) in [5, 5.41) is 6.74. The van der Waals surface area contributed by atoms with Gasteiger partial charge in [-0.05, 0) is 11.8 Å². The highest BCUT2D eigenvalue weighted by atomic mass is 127. The fourth-order valence-electron chi connectivity index (χ4n) is 3.25. The summed E-state index contributed by atoms with van der Waals surface area (Å²) >= 11 is 0. The van der Waals surface area contributed by atoms with Crippen molar-refractivity contribution in [3.8, 4) is 0 Å². The molecule has 0 bridgehead atoms. The van der Waals surface area contributed by atoms with Gasteiger partial charge in [0.1, 0.15) is 5.82 Å². The van der Waals surface area contributed by atoms with E-state index in [0.29, 0.717) is 18.4 Å². The molecule has 27 heavy (non-hydrogen) atoms. The Labute approximate surface area is 181 Å². The molecule has 0 aromatic carbocycles. The maximum absolute atomic E-state index is 5.89. The van der Waals surface area contributed by atoms with Gasteiger partial charge in [-0.2, -0.15) is 0 Å². The zero-order valence-corrected chi connectivity index (χ0v) is 19.8. The number of nitrogens with zero attached hydrogens (tertiary/aromatic N) is 4. The van der Waals surface area contributed by atoms with Gasteiger partial charge in [0.05, 0.1) is 19.3 Å². The molecule has 1 saturated heterocycles. The zero-order chi connectivity index (χ0) is 18.9. The maximum atomic E-state index is 5.89. The summed E-state index contributed by atoms with van der Waals surface area (Å²) in [6.45, 7) is 15.3. The number of hydrogen-bond donors (Lipinski definition) is 2. The lowest BCUT2D eigenvalue weighted by Crippen LogP contribution is -2.50. The predicted molar refractivity (Wildman–Crippen MR) is 122 cm³/mol. The molecular formula is C19H37IN6O. The molecular weight excluding hydrogens is 455 g/mol. The van der Waals surface area contributed by atoms with Gasteiger partial charge >= 0.3 is 0 Å². The van der Waals surface area contributed by atoms with Crippen LogP contribution in [0.25, 0.3) is 0 Å². The van der Waals surface area contributed by atoms with E-state index in [1.165, 1.54) is 0 Å². The number of guanidine groups is 1. The first-order valence-corrected chi connectivity index (χ1v) is 9.76. The van der Waals surface area contributed by atoms with Crippen LogP contribution in [0.3, 0.4) is 0 Å². The molecule has 156 valence electrons. The van der Waals surface area contributed by atoms with E-state index in [1.807, 2.05) is 12.4 Å². The zero-order valence-electron chi connectivity index (χ0n) is 17.4. The van der Waals surface area contributed by atoms with Crippen molar-refractivity contribution in [1.82, 2.24) is 25.1 Å². The molecule has 2 N–H and O–H groups in total. The average molecular weight is 492 g/mol. The number of ether oxygens (including phenoxy) is 1. The molecule has 7 nitrogen and oxygen atoms in total. The van der Waals surface area contributed by atoms with Crippen molar-refractivity contribution in [2.24, 2.45) is 16.8 Å². The molecule has 0 aliphatic carbocycles. The smallest absolute Gasteiger partial charge is 0.191 e. The van der Waals surface area contributed by atoms with Crippen molar-refractivity contribution >= 4 is 29.9 Å². The van der Waals surface area contributed by atoms with Crippen LogP contribution in [0.15, 0.2) is 17.4 Å². The third-order valence-electron chi connectivity index (χ3n) is 4.34. The Hall–Kier alpha value is -0.870. The summed E-state index contributed by atoms with van der Waals surface area (Å²) in [6, 6.07) is 0. The summed E-state index contributed by atoms with van der Waals surface area (Å²) in [5.74, 6) is 3.09. The van der Waals surface area contributed by atoms with Crippen molar-refractivity contribution in [1.29, 1.82) is 0 Å². The van der Waals surface area contributed by atoms with E-state index < -0.39 is 0 Å². The SMILES string of the molecule is CN=C(NCc1nccn1CC(C)C)NCC1CN(CC(C)C)CCO1.I. The largest absolute Gasteiger partial charge is 0.374 e. The Bertz CT molecular complexity index is 560. The molecule has 0 amide bonds. The van der Waals surface area contributed by atoms with E-state index in [0.717, 1.165) is 51.1 Å². The number of morpholine rings is 1. The number of imidazole rings is 1. The molecule has 0 spiro atoms. The molecule has 1 atom stereocenters. The Kier molecular flexibility index (Phi) is 11.2. The molecule has 0 radical (unpaired) electrons. The molecule has 2 heterocycles. The van der Waals surface area contributed by atoms with Crippen LogP contribution in [0.4, 0.5) is 0 Å². The van der Waals surface area contributed by atoms with Gasteiger partial charge in [0.2, 0.25) is 0 Å². The highest BCUT2D eigenvalue weighted by Crippen LogP contribution is 2.07. The van der Waals surface area contributed by atoms with Crippen LogP contribution in [0.5, 0.6) is 0 Å². The number of aliphatic imine (C=N–C) groups is 1. The Morgan fingerprint density at radius 2 is 2.00 bits per heavy atom. The second-order valence-electron chi connectivity index (χ2n) is 7.84. The van der Waals surface area contributed by atoms with Crippen LogP contribution in [0, 0.1) is 11.8 Å². The molecule has 1 unspecified atom stereocenters. The second kappa shape index (κ2) is 12.6. The lowest BCUT2D eigenvalue weighted by Gasteiger charge is -2.34. The van der Waals surface area contributed by atoms with E-state index in [-0.39, 0.29) is 30.1 Å². The van der Waals surface area contributed by atoms with E-state index in [4.69, 9.17) is 4.74 Å². The highest BCUT2D eigenvalue weighted by molar-refractivity contribution is 14.0.